The molecular weight excluding hydrogens is 234 g/mol. The van der Waals surface area contributed by atoms with Crippen molar-refractivity contribution in [3.8, 4) is 10.8 Å². The molecule has 0 atom stereocenters. The van der Waals surface area contributed by atoms with E-state index in [0.29, 0.717) is 11.3 Å². The van der Waals surface area contributed by atoms with Crippen LogP contribution in [0.2, 0.25) is 0 Å². The predicted octanol–water partition coefficient (Wildman–Crippen LogP) is 4.13. The van der Waals surface area contributed by atoms with Crippen molar-refractivity contribution < 1.29 is 9.53 Å². The molecule has 3 nitrogen and oxygen atoms in total. The Bertz CT molecular complexity index is 534. The van der Waals surface area contributed by atoms with Gasteiger partial charge in [0, 0.05) is 0 Å². The van der Waals surface area contributed by atoms with Crippen LogP contribution in [0, 0.1) is 0 Å². The van der Waals surface area contributed by atoms with Crippen LogP contribution in [-0.4, -0.2) is 5.91 Å². The van der Waals surface area contributed by atoms with Gasteiger partial charge in [0.15, 0.2) is 0 Å². The number of nitrogens with one attached hydrogen (secondary N) is 1. The van der Waals surface area contributed by atoms with Crippen LogP contribution < -0.4 is 10.1 Å². The molecule has 0 saturated heterocycles. The number of anilines is 1. The lowest BCUT2D eigenvalue weighted by Gasteiger charge is -2.02. The van der Waals surface area contributed by atoms with Gasteiger partial charge >= 0.3 is 0 Å². The molecule has 1 aliphatic rings. The molecule has 1 aromatic heterocycles. The zero-order valence-corrected chi connectivity index (χ0v) is 10.5. The molecule has 88 valence electrons. The first-order valence-corrected chi connectivity index (χ1v) is 6.38. The predicted molar refractivity (Wildman–Crippen MR) is 70.1 cm³/mol. The van der Waals surface area contributed by atoms with Gasteiger partial charge in [0.05, 0.1) is 11.3 Å². The number of thiophene rings is 1. The first-order valence-electron chi connectivity index (χ1n) is 5.50. The van der Waals surface area contributed by atoms with E-state index >= 15 is 0 Å². The fraction of sp³-hybridized carbons (Fsp3) is 0.154. The number of carbonyl (C=O) groups excluding carboxylic acids is 1. The summed E-state index contributed by atoms with van der Waals surface area (Å²) in [6.07, 6.45) is 0. The van der Waals surface area contributed by atoms with E-state index < -0.39 is 0 Å². The summed E-state index contributed by atoms with van der Waals surface area (Å²) in [5.74, 6) is 0.485. The highest BCUT2D eigenvalue weighted by atomic mass is 32.1. The highest BCUT2D eigenvalue weighted by Crippen LogP contribution is 2.39. The van der Waals surface area contributed by atoms with Crippen molar-refractivity contribution in [3.63, 3.8) is 0 Å². The zero-order chi connectivity index (χ0) is 12.3. The molecule has 0 unspecified atom stereocenters. The van der Waals surface area contributed by atoms with Gasteiger partial charge in [-0.25, -0.2) is 0 Å². The highest BCUT2D eigenvalue weighted by Gasteiger charge is 2.20. The van der Waals surface area contributed by atoms with Crippen molar-refractivity contribution in [2.45, 2.75) is 13.8 Å². The summed E-state index contributed by atoms with van der Waals surface area (Å²) < 4.78 is 5.65. The molecule has 1 amide bonds. The van der Waals surface area contributed by atoms with E-state index in [1.807, 2.05) is 37.4 Å². The molecule has 0 bridgehead atoms. The van der Waals surface area contributed by atoms with Crippen LogP contribution in [0.3, 0.4) is 0 Å². The monoisotopic (exact) mass is 247 g/mol. The standard InChI is InChI=1S/C11H7NO2S.C2H6/c13-10-7-3-1-2-4-9(7)14-11-8(12-10)5-6-15-11;1-2/h1-6H,(H,12,13);1-2H3. The summed E-state index contributed by atoms with van der Waals surface area (Å²) in [6, 6.07) is 9.06. The normalized spacial score (nSPS) is 12.0. The third-order valence-electron chi connectivity index (χ3n) is 2.21. The number of hydrogen-bond acceptors (Lipinski definition) is 3. The molecule has 2 aromatic rings. The number of benzene rings is 1. The Morgan fingerprint density at radius 1 is 1.18 bits per heavy atom. The Labute approximate surface area is 104 Å². The van der Waals surface area contributed by atoms with Crippen molar-refractivity contribution in [1.29, 1.82) is 0 Å². The molecule has 0 saturated carbocycles. The number of amides is 1. The second kappa shape index (κ2) is 5.01. The molecule has 2 heterocycles. The van der Waals surface area contributed by atoms with Gasteiger partial charge in [0.2, 0.25) is 5.06 Å². The maximum Gasteiger partial charge on any atom is 0.259 e. The van der Waals surface area contributed by atoms with E-state index in [-0.39, 0.29) is 5.91 Å². The van der Waals surface area contributed by atoms with Crippen molar-refractivity contribution in [1.82, 2.24) is 0 Å². The molecule has 1 aliphatic heterocycles. The SMILES string of the molecule is CC.O=C1Nc2ccsc2Oc2ccccc21. The van der Waals surface area contributed by atoms with E-state index in [4.69, 9.17) is 4.74 Å². The lowest BCUT2D eigenvalue weighted by atomic mass is 10.2. The lowest BCUT2D eigenvalue weighted by Crippen LogP contribution is -2.09. The van der Waals surface area contributed by atoms with E-state index in [1.165, 1.54) is 11.3 Å². The molecule has 3 rings (SSSR count). The maximum atomic E-state index is 11.8. The Balaban J connectivity index is 0.000000514. The molecule has 0 spiro atoms. The Morgan fingerprint density at radius 2 is 1.94 bits per heavy atom. The summed E-state index contributed by atoms with van der Waals surface area (Å²) in [6.45, 7) is 4.00. The largest absolute Gasteiger partial charge is 0.444 e. The second-order valence-corrected chi connectivity index (χ2v) is 4.05. The minimum Gasteiger partial charge on any atom is -0.444 e. The Kier molecular flexibility index (Phi) is 3.44. The first kappa shape index (κ1) is 11.7. The van der Waals surface area contributed by atoms with Crippen molar-refractivity contribution >= 4 is 22.9 Å². The van der Waals surface area contributed by atoms with Crippen molar-refractivity contribution in [2.75, 3.05) is 5.32 Å². The third kappa shape index (κ3) is 2.17. The zero-order valence-electron chi connectivity index (χ0n) is 9.69. The second-order valence-electron chi connectivity index (χ2n) is 3.17. The fourth-order valence-corrected chi connectivity index (χ4v) is 2.21. The van der Waals surface area contributed by atoms with Gasteiger partial charge in [0.25, 0.3) is 5.91 Å². The van der Waals surface area contributed by atoms with Crippen molar-refractivity contribution in [2.24, 2.45) is 0 Å². The smallest absolute Gasteiger partial charge is 0.259 e. The minimum atomic E-state index is -0.122. The topological polar surface area (TPSA) is 38.3 Å². The van der Waals surface area contributed by atoms with E-state index in [9.17, 15) is 4.79 Å². The van der Waals surface area contributed by atoms with Crippen molar-refractivity contribution in [3.05, 3.63) is 41.3 Å². The van der Waals surface area contributed by atoms with Crippen LogP contribution in [0.1, 0.15) is 24.2 Å². The molecule has 17 heavy (non-hydrogen) atoms. The van der Waals surface area contributed by atoms with Crippen LogP contribution >= 0.6 is 11.3 Å². The van der Waals surface area contributed by atoms with E-state index in [0.717, 1.165) is 10.8 Å². The molecule has 0 aliphatic carbocycles. The van der Waals surface area contributed by atoms with E-state index in [1.54, 1.807) is 12.1 Å². The number of ether oxygens (including phenoxy) is 1. The average molecular weight is 247 g/mol. The summed E-state index contributed by atoms with van der Waals surface area (Å²) in [5.41, 5.74) is 1.31. The van der Waals surface area contributed by atoms with Gasteiger partial charge in [-0.3, -0.25) is 4.79 Å². The summed E-state index contributed by atoms with van der Waals surface area (Å²) in [5, 5.41) is 5.42. The van der Waals surface area contributed by atoms with Gasteiger partial charge in [-0.05, 0) is 23.6 Å². The molecule has 1 aromatic carbocycles. The third-order valence-corrected chi connectivity index (χ3v) is 3.00. The average Bonchev–Trinajstić information content (AvgIpc) is 2.74. The number of rotatable bonds is 0. The fourth-order valence-electron chi connectivity index (χ4n) is 1.50. The van der Waals surface area contributed by atoms with Crippen LogP contribution in [0.4, 0.5) is 5.69 Å². The Hall–Kier alpha value is -1.81. The number of carbonyl (C=O) groups is 1. The van der Waals surface area contributed by atoms with Crippen LogP contribution in [0.25, 0.3) is 0 Å². The number of para-hydroxylation sites is 1. The number of fused-ring (bicyclic) bond motifs is 2. The number of hydrogen-bond donors (Lipinski definition) is 1. The summed E-state index contributed by atoms with van der Waals surface area (Å²) >= 11 is 1.47. The van der Waals surface area contributed by atoms with Gasteiger partial charge in [-0.2, -0.15) is 0 Å². The maximum absolute atomic E-state index is 11.8. The molecule has 4 heteroatoms. The highest BCUT2D eigenvalue weighted by molar-refractivity contribution is 7.12. The minimum absolute atomic E-state index is 0.122. The lowest BCUT2D eigenvalue weighted by molar-refractivity contribution is 0.102. The summed E-state index contributed by atoms with van der Waals surface area (Å²) in [4.78, 5) is 11.8. The summed E-state index contributed by atoms with van der Waals surface area (Å²) in [7, 11) is 0. The quantitative estimate of drug-likeness (QED) is 0.760. The van der Waals surface area contributed by atoms with Gasteiger partial charge in [-0.15, -0.1) is 11.3 Å². The van der Waals surface area contributed by atoms with Gasteiger partial charge in [-0.1, -0.05) is 26.0 Å². The molecule has 1 N–H and O–H groups in total. The van der Waals surface area contributed by atoms with Crippen LogP contribution in [0.15, 0.2) is 35.7 Å². The molecular formula is C13H13NO2S. The van der Waals surface area contributed by atoms with Gasteiger partial charge < -0.3 is 10.1 Å². The first-order chi connectivity index (χ1) is 8.34. The van der Waals surface area contributed by atoms with Gasteiger partial charge in [0.1, 0.15) is 5.75 Å². The Morgan fingerprint density at radius 3 is 2.76 bits per heavy atom. The van der Waals surface area contributed by atoms with Crippen LogP contribution in [0.5, 0.6) is 10.8 Å². The molecule has 0 fully saturated rings. The van der Waals surface area contributed by atoms with E-state index in [2.05, 4.69) is 5.32 Å². The van der Waals surface area contributed by atoms with Crippen LogP contribution in [-0.2, 0) is 0 Å². The molecule has 0 radical (unpaired) electrons.